The quantitative estimate of drug-likeness (QED) is 0.640. The summed E-state index contributed by atoms with van der Waals surface area (Å²) in [6, 6.07) is 26.2. The number of rotatable bonds is 3. The smallest absolute Gasteiger partial charge is 0.266 e. The molecule has 29 heavy (non-hydrogen) atoms. The van der Waals surface area contributed by atoms with Gasteiger partial charge in [0.15, 0.2) is 6.10 Å². The molecule has 0 N–H and O–H groups in total. The second-order valence-corrected chi connectivity index (χ2v) is 7.36. The first-order chi connectivity index (χ1) is 14.2. The normalized spacial score (nSPS) is 23.6. The van der Waals surface area contributed by atoms with Crippen molar-refractivity contribution >= 4 is 23.2 Å². The third kappa shape index (κ3) is 2.74. The Kier molecular flexibility index (Phi) is 4.18. The summed E-state index contributed by atoms with van der Waals surface area (Å²) >= 11 is 0. The van der Waals surface area contributed by atoms with E-state index in [0.717, 1.165) is 16.8 Å². The number of fused-ring (bicyclic) bond motifs is 1. The molecule has 2 saturated heterocycles. The lowest BCUT2D eigenvalue weighted by Crippen LogP contribution is -2.37. The molecule has 5 nitrogen and oxygen atoms in total. The molecule has 2 aliphatic rings. The molecule has 144 valence electrons. The predicted octanol–water partition coefficient (Wildman–Crippen LogP) is 4.05. The van der Waals surface area contributed by atoms with E-state index in [-0.39, 0.29) is 17.9 Å². The van der Waals surface area contributed by atoms with Crippen molar-refractivity contribution in [2.75, 3.05) is 9.96 Å². The number of hydrogen-bond acceptors (Lipinski definition) is 4. The van der Waals surface area contributed by atoms with E-state index >= 15 is 0 Å². The van der Waals surface area contributed by atoms with E-state index in [1.165, 1.54) is 4.90 Å². The van der Waals surface area contributed by atoms with Gasteiger partial charge >= 0.3 is 0 Å². The monoisotopic (exact) mass is 384 g/mol. The van der Waals surface area contributed by atoms with Crippen molar-refractivity contribution in [1.29, 1.82) is 0 Å². The van der Waals surface area contributed by atoms with Gasteiger partial charge in [0.1, 0.15) is 5.92 Å². The number of hydroxylamine groups is 1. The van der Waals surface area contributed by atoms with E-state index in [2.05, 4.69) is 0 Å². The van der Waals surface area contributed by atoms with Crippen molar-refractivity contribution in [2.24, 2.45) is 5.92 Å². The van der Waals surface area contributed by atoms with Crippen LogP contribution in [0.2, 0.25) is 0 Å². The number of aryl methyl sites for hydroxylation is 1. The van der Waals surface area contributed by atoms with Crippen molar-refractivity contribution in [3.05, 3.63) is 96.1 Å². The van der Waals surface area contributed by atoms with Gasteiger partial charge in [-0.25, -0.2) is 9.96 Å². The van der Waals surface area contributed by atoms with E-state index in [1.54, 1.807) is 17.2 Å². The van der Waals surface area contributed by atoms with E-state index < -0.39 is 12.0 Å². The van der Waals surface area contributed by atoms with Crippen LogP contribution in [0.1, 0.15) is 17.2 Å². The maximum Gasteiger partial charge on any atom is 0.266 e. The summed E-state index contributed by atoms with van der Waals surface area (Å²) in [6.07, 6.45) is -0.840. The van der Waals surface area contributed by atoms with E-state index in [1.807, 2.05) is 79.7 Å². The van der Waals surface area contributed by atoms with Crippen LogP contribution in [-0.4, -0.2) is 17.9 Å². The third-order valence-corrected chi connectivity index (χ3v) is 5.65. The van der Waals surface area contributed by atoms with Crippen LogP contribution in [0, 0.1) is 12.8 Å². The molecule has 3 aromatic rings. The molecule has 0 aromatic heterocycles. The highest BCUT2D eigenvalue weighted by atomic mass is 16.7. The summed E-state index contributed by atoms with van der Waals surface area (Å²) in [5.74, 6) is -1.15. The van der Waals surface area contributed by atoms with Gasteiger partial charge in [0.05, 0.1) is 17.4 Å². The molecule has 5 heteroatoms. The van der Waals surface area contributed by atoms with Crippen LogP contribution in [0.15, 0.2) is 84.9 Å². The Morgan fingerprint density at radius 2 is 1.31 bits per heavy atom. The predicted molar refractivity (Wildman–Crippen MR) is 110 cm³/mol. The fraction of sp³-hybridized carbons (Fsp3) is 0.167. The molecule has 2 aliphatic heterocycles. The Balaban J connectivity index is 1.62. The molecular formula is C24H20N2O3. The topological polar surface area (TPSA) is 49.9 Å². The molecule has 0 bridgehead atoms. The van der Waals surface area contributed by atoms with Crippen molar-refractivity contribution < 1.29 is 14.4 Å². The first-order valence-corrected chi connectivity index (χ1v) is 9.66. The highest BCUT2D eigenvalue weighted by molar-refractivity contribution is 6.23. The van der Waals surface area contributed by atoms with Gasteiger partial charge in [-0.15, -0.1) is 0 Å². The molecule has 3 atom stereocenters. The van der Waals surface area contributed by atoms with Crippen LogP contribution in [-0.2, 0) is 14.4 Å². The number of para-hydroxylation sites is 2. The summed E-state index contributed by atoms with van der Waals surface area (Å²) in [6.45, 7) is 2.02. The second kappa shape index (κ2) is 6.87. The van der Waals surface area contributed by atoms with Crippen molar-refractivity contribution in [2.45, 2.75) is 19.1 Å². The van der Waals surface area contributed by atoms with Crippen LogP contribution in [0.4, 0.5) is 11.4 Å². The average molecular weight is 384 g/mol. The molecule has 3 aromatic carbocycles. The van der Waals surface area contributed by atoms with E-state index in [9.17, 15) is 9.59 Å². The Labute approximate surface area is 169 Å². The first-order valence-electron chi connectivity index (χ1n) is 9.66. The zero-order valence-corrected chi connectivity index (χ0v) is 15.9. The molecule has 0 aliphatic carbocycles. The molecular weight excluding hydrogens is 364 g/mol. The highest BCUT2D eigenvalue weighted by Gasteiger charge is 2.60. The van der Waals surface area contributed by atoms with E-state index in [0.29, 0.717) is 5.69 Å². The molecule has 2 heterocycles. The van der Waals surface area contributed by atoms with Gasteiger partial charge in [0.25, 0.3) is 5.91 Å². The minimum Gasteiger partial charge on any atom is -0.273 e. The Hall–Kier alpha value is -3.44. The lowest BCUT2D eigenvalue weighted by Gasteiger charge is -2.29. The second-order valence-electron chi connectivity index (χ2n) is 7.36. The van der Waals surface area contributed by atoms with Crippen molar-refractivity contribution in [3.63, 3.8) is 0 Å². The molecule has 0 spiro atoms. The van der Waals surface area contributed by atoms with Gasteiger partial charge in [-0.3, -0.25) is 14.4 Å². The van der Waals surface area contributed by atoms with Crippen molar-refractivity contribution in [3.8, 4) is 0 Å². The Bertz CT molecular complexity index is 1070. The van der Waals surface area contributed by atoms with Crippen LogP contribution in [0.3, 0.4) is 0 Å². The Morgan fingerprint density at radius 3 is 1.97 bits per heavy atom. The average Bonchev–Trinajstić information content (AvgIpc) is 3.26. The maximum absolute atomic E-state index is 13.5. The fourth-order valence-electron chi connectivity index (χ4n) is 4.28. The largest absolute Gasteiger partial charge is 0.273 e. The fourth-order valence-corrected chi connectivity index (χ4v) is 4.28. The van der Waals surface area contributed by atoms with Gasteiger partial charge in [-0.2, -0.15) is 0 Å². The van der Waals surface area contributed by atoms with Gasteiger partial charge in [-0.05, 0) is 42.3 Å². The zero-order chi connectivity index (χ0) is 20.0. The summed E-state index contributed by atoms with van der Waals surface area (Å²) in [5.41, 5.74) is 3.44. The first kappa shape index (κ1) is 17.6. The molecule has 0 unspecified atom stereocenters. The summed E-state index contributed by atoms with van der Waals surface area (Å²) in [5, 5.41) is 1.73. The zero-order valence-electron chi connectivity index (χ0n) is 15.9. The van der Waals surface area contributed by atoms with Crippen LogP contribution in [0.5, 0.6) is 0 Å². The molecule has 0 radical (unpaired) electrons. The van der Waals surface area contributed by atoms with Gasteiger partial charge in [0.2, 0.25) is 5.91 Å². The van der Waals surface area contributed by atoms with Crippen LogP contribution in [0.25, 0.3) is 0 Å². The SMILES string of the molecule is Cc1ccccc1[C@H]1[C@@H]2C(=O)N(c3ccccc3)C(=O)[C@@H]2ON1c1ccccc1. The number of imide groups is 1. The number of nitrogens with zero attached hydrogens (tertiary/aromatic N) is 2. The minimum absolute atomic E-state index is 0.224. The maximum atomic E-state index is 13.5. The van der Waals surface area contributed by atoms with Gasteiger partial charge < -0.3 is 0 Å². The molecule has 2 fully saturated rings. The number of carbonyl (C=O) groups excluding carboxylic acids is 2. The van der Waals surface area contributed by atoms with Gasteiger partial charge in [-0.1, -0.05) is 60.7 Å². The molecule has 5 rings (SSSR count). The number of amides is 2. The third-order valence-electron chi connectivity index (χ3n) is 5.65. The standard InChI is InChI=1S/C24H20N2O3/c1-16-10-8-9-15-19(16)21-20-22(29-26(21)18-13-6-3-7-14-18)24(28)25(23(20)27)17-11-4-2-5-12-17/h2-15,20-22H,1H3/t20-,21-,22+/m0/s1. The lowest BCUT2D eigenvalue weighted by atomic mass is 9.88. The highest BCUT2D eigenvalue weighted by Crippen LogP contribution is 2.48. The summed E-state index contributed by atoms with van der Waals surface area (Å²) in [4.78, 5) is 34.1. The van der Waals surface area contributed by atoms with E-state index in [4.69, 9.17) is 4.84 Å². The number of anilines is 2. The van der Waals surface area contributed by atoms with Gasteiger partial charge in [0, 0.05) is 0 Å². The molecule has 0 saturated carbocycles. The van der Waals surface area contributed by atoms with Crippen LogP contribution >= 0.6 is 0 Å². The van der Waals surface area contributed by atoms with Crippen LogP contribution < -0.4 is 9.96 Å². The number of hydrogen-bond donors (Lipinski definition) is 0. The lowest BCUT2D eigenvalue weighted by molar-refractivity contribution is -0.126. The summed E-state index contributed by atoms with van der Waals surface area (Å²) in [7, 11) is 0. The number of benzene rings is 3. The van der Waals surface area contributed by atoms with Crippen molar-refractivity contribution in [1.82, 2.24) is 0 Å². The summed E-state index contributed by atoms with van der Waals surface area (Å²) < 4.78 is 0. The molecule has 2 amide bonds. The Morgan fingerprint density at radius 1 is 0.724 bits per heavy atom. The number of carbonyl (C=O) groups is 2. The minimum atomic E-state index is -0.840.